The average molecular weight is 363 g/mol. The minimum Gasteiger partial charge on any atom is -0.326 e. The van der Waals surface area contributed by atoms with Gasteiger partial charge in [0.05, 0.1) is 4.90 Å². The van der Waals surface area contributed by atoms with Crippen LogP contribution in [0.25, 0.3) is 0 Å². The molecular formula is C18H25N3O3S. The molecule has 3 rings (SSSR count). The second-order valence-electron chi connectivity index (χ2n) is 6.85. The van der Waals surface area contributed by atoms with Gasteiger partial charge >= 0.3 is 0 Å². The van der Waals surface area contributed by atoms with E-state index in [1.165, 1.54) is 31.9 Å². The van der Waals surface area contributed by atoms with E-state index in [9.17, 15) is 13.2 Å². The molecule has 0 aliphatic heterocycles. The zero-order chi connectivity index (χ0) is 17.9. The van der Waals surface area contributed by atoms with Gasteiger partial charge in [-0.25, -0.2) is 13.1 Å². The highest BCUT2D eigenvalue weighted by Gasteiger charge is 2.34. The molecule has 0 saturated heterocycles. The van der Waals surface area contributed by atoms with Gasteiger partial charge in [-0.1, -0.05) is 12.2 Å². The summed E-state index contributed by atoms with van der Waals surface area (Å²) < 4.78 is 27.1. The van der Waals surface area contributed by atoms with Crippen LogP contribution in [0.4, 0.5) is 5.69 Å². The summed E-state index contributed by atoms with van der Waals surface area (Å²) in [6.07, 6.45) is 7.19. The molecular weight excluding hydrogens is 338 g/mol. The topological polar surface area (TPSA) is 87.3 Å². The summed E-state index contributed by atoms with van der Waals surface area (Å²) in [6.45, 7) is 3.32. The lowest BCUT2D eigenvalue weighted by Crippen LogP contribution is -2.34. The molecule has 1 aromatic rings. The number of fused-ring (bicyclic) bond motifs is 2. The minimum absolute atomic E-state index is 0.189. The molecule has 25 heavy (non-hydrogen) atoms. The fraction of sp³-hybridized carbons (Fsp3) is 0.500. The Morgan fingerprint density at radius 3 is 2.48 bits per heavy atom. The maximum absolute atomic E-state index is 12.3. The zero-order valence-corrected chi connectivity index (χ0v) is 15.2. The van der Waals surface area contributed by atoms with Crippen LogP contribution >= 0.6 is 0 Å². The van der Waals surface area contributed by atoms with Gasteiger partial charge in [0, 0.05) is 25.7 Å². The van der Waals surface area contributed by atoms with Crippen molar-refractivity contribution in [3.63, 3.8) is 0 Å². The fourth-order valence-electron chi connectivity index (χ4n) is 3.69. The molecule has 136 valence electrons. The van der Waals surface area contributed by atoms with Gasteiger partial charge in [0.15, 0.2) is 0 Å². The number of benzene rings is 1. The summed E-state index contributed by atoms with van der Waals surface area (Å²) in [7, 11) is -3.53. The molecule has 6 nitrogen and oxygen atoms in total. The van der Waals surface area contributed by atoms with Crippen molar-refractivity contribution in [2.45, 2.75) is 24.7 Å². The van der Waals surface area contributed by atoms with Gasteiger partial charge in [0.1, 0.15) is 0 Å². The van der Waals surface area contributed by atoms with Crippen LogP contribution in [0.1, 0.15) is 19.8 Å². The molecule has 1 aromatic carbocycles. The third-order valence-electron chi connectivity index (χ3n) is 4.90. The molecule has 1 saturated carbocycles. The van der Waals surface area contributed by atoms with Crippen molar-refractivity contribution in [2.75, 3.05) is 25.0 Å². The van der Waals surface area contributed by atoms with Crippen LogP contribution < -0.4 is 15.4 Å². The first-order valence-electron chi connectivity index (χ1n) is 8.70. The van der Waals surface area contributed by atoms with Crippen molar-refractivity contribution in [3.05, 3.63) is 36.4 Å². The zero-order valence-electron chi connectivity index (χ0n) is 14.4. The third kappa shape index (κ3) is 4.68. The van der Waals surface area contributed by atoms with Crippen molar-refractivity contribution < 1.29 is 13.2 Å². The number of carbonyl (C=O) groups excluding carboxylic acids is 1. The molecule has 2 bridgehead atoms. The van der Waals surface area contributed by atoms with Gasteiger partial charge in [-0.05, 0) is 61.4 Å². The largest absolute Gasteiger partial charge is 0.326 e. The average Bonchev–Trinajstić information content (AvgIpc) is 3.17. The van der Waals surface area contributed by atoms with Gasteiger partial charge in [-0.2, -0.15) is 0 Å². The maximum atomic E-state index is 12.3. The van der Waals surface area contributed by atoms with Crippen molar-refractivity contribution in [1.82, 2.24) is 10.0 Å². The van der Waals surface area contributed by atoms with Crippen molar-refractivity contribution in [3.8, 4) is 0 Å². The number of nitrogens with one attached hydrogen (secondary N) is 3. The van der Waals surface area contributed by atoms with Crippen LogP contribution in [-0.4, -0.2) is 34.0 Å². The van der Waals surface area contributed by atoms with E-state index in [-0.39, 0.29) is 10.8 Å². The maximum Gasteiger partial charge on any atom is 0.240 e. The van der Waals surface area contributed by atoms with Crippen LogP contribution in [-0.2, 0) is 14.8 Å². The van der Waals surface area contributed by atoms with Gasteiger partial charge in [-0.3, -0.25) is 4.79 Å². The van der Waals surface area contributed by atoms with Gasteiger partial charge in [0.2, 0.25) is 15.9 Å². The predicted octanol–water partition coefficient (Wildman–Crippen LogP) is 1.73. The highest BCUT2D eigenvalue weighted by atomic mass is 32.2. The molecule has 7 heteroatoms. The summed E-state index contributed by atoms with van der Waals surface area (Å²) in [5, 5.41) is 5.97. The molecule has 0 heterocycles. The van der Waals surface area contributed by atoms with E-state index in [0.717, 1.165) is 12.5 Å². The van der Waals surface area contributed by atoms with Gasteiger partial charge in [-0.15, -0.1) is 0 Å². The Bertz CT molecular complexity index is 743. The first-order valence-corrected chi connectivity index (χ1v) is 10.2. The molecule has 3 atom stereocenters. The highest BCUT2D eigenvalue weighted by molar-refractivity contribution is 7.89. The van der Waals surface area contributed by atoms with E-state index in [1.54, 1.807) is 12.1 Å². The van der Waals surface area contributed by atoms with E-state index >= 15 is 0 Å². The number of amides is 1. The second kappa shape index (κ2) is 7.68. The van der Waals surface area contributed by atoms with Gasteiger partial charge in [0.25, 0.3) is 0 Å². The Labute approximate surface area is 149 Å². The van der Waals surface area contributed by atoms with Crippen molar-refractivity contribution in [2.24, 2.45) is 17.8 Å². The third-order valence-corrected chi connectivity index (χ3v) is 6.38. The molecule has 3 unspecified atom stereocenters. The SMILES string of the molecule is CC(=O)Nc1ccc(S(=O)(=O)NCCNCC2CC3C=CC2C3)cc1. The standard InChI is InChI=1S/C18H25N3O3S/c1-13(22)21-17-4-6-18(7-5-17)25(23,24)20-9-8-19-12-16-11-14-2-3-15(16)10-14/h2-7,14-16,19-20H,8-12H2,1H3,(H,21,22). The first-order chi connectivity index (χ1) is 11.9. The normalized spacial score (nSPS) is 24.6. The number of carbonyl (C=O) groups is 1. The molecule has 1 amide bonds. The van der Waals surface area contributed by atoms with E-state index in [0.29, 0.717) is 30.6 Å². The summed E-state index contributed by atoms with van der Waals surface area (Å²) >= 11 is 0. The lowest BCUT2D eigenvalue weighted by Gasteiger charge is -2.18. The van der Waals surface area contributed by atoms with Crippen LogP contribution in [0.5, 0.6) is 0 Å². The Kier molecular flexibility index (Phi) is 5.56. The lowest BCUT2D eigenvalue weighted by atomic mass is 9.94. The monoisotopic (exact) mass is 363 g/mol. The summed E-state index contributed by atoms with van der Waals surface area (Å²) in [4.78, 5) is 11.2. The number of anilines is 1. The Balaban J connectivity index is 1.41. The van der Waals surface area contributed by atoms with Crippen molar-refractivity contribution >= 4 is 21.6 Å². The Morgan fingerprint density at radius 2 is 1.88 bits per heavy atom. The number of allylic oxidation sites excluding steroid dienone is 2. The molecule has 2 aliphatic rings. The van der Waals surface area contributed by atoms with Crippen LogP contribution in [0, 0.1) is 17.8 Å². The molecule has 3 N–H and O–H groups in total. The number of hydrogen-bond acceptors (Lipinski definition) is 4. The summed E-state index contributed by atoms with van der Waals surface area (Å²) in [6, 6.07) is 6.14. The molecule has 1 fully saturated rings. The van der Waals surface area contributed by atoms with Crippen LogP contribution in [0.3, 0.4) is 0 Å². The Hall–Kier alpha value is -1.70. The number of rotatable bonds is 8. The number of hydrogen-bond donors (Lipinski definition) is 3. The van der Waals surface area contributed by atoms with E-state index in [1.807, 2.05) is 0 Å². The highest BCUT2D eigenvalue weighted by Crippen LogP contribution is 2.42. The van der Waals surface area contributed by atoms with Crippen molar-refractivity contribution in [1.29, 1.82) is 0 Å². The predicted molar refractivity (Wildman–Crippen MR) is 97.6 cm³/mol. The van der Waals surface area contributed by atoms with Crippen LogP contribution in [0.2, 0.25) is 0 Å². The van der Waals surface area contributed by atoms with E-state index < -0.39 is 10.0 Å². The fourth-order valence-corrected chi connectivity index (χ4v) is 4.73. The lowest BCUT2D eigenvalue weighted by molar-refractivity contribution is -0.114. The quantitative estimate of drug-likeness (QED) is 0.485. The summed E-state index contributed by atoms with van der Waals surface area (Å²) in [5.74, 6) is 1.96. The van der Waals surface area contributed by atoms with E-state index in [4.69, 9.17) is 0 Å². The van der Waals surface area contributed by atoms with E-state index in [2.05, 4.69) is 27.5 Å². The molecule has 0 radical (unpaired) electrons. The Morgan fingerprint density at radius 1 is 1.12 bits per heavy atom. The minimum atomic E-state index is -3.53. The molecule has 2 aliphatic carbocycles. The second-order valence-corrected chi connectivity index (χ2v) is 8.61. The van der Waals surface area contributed by atoms with Gasteiger partial charge < -0.3 is 10.6 Å². The summed E-state index contributed by atoms with van der Waals surface area (Å²) in [5.41, 5.74) is 0.577. The first kappa shape index (κ1) is 18.1. The molecule has 0 spiro atoms. The smallest absolute Gasteiger partial charge is 0.240 e. The molecule has 0 aromatic heterocycles. The number of sulfonamides is 1. The van der Waals surface area contributed by atoms with Crippen LogP contribution in [0.15, 0.2) is 41.3 Å².